The van der Waals surface area contributed by atoms with Crippen molar-refractivity contribution in [3.63, 3.8) is 0 Å². The van der Waals surface area contributed by atoms with Crippen molar-refractivity contribution in [1.82, 2.24) is 15.2 Å². The first kappa shape index (κ1) is 16.5. The van der Waals surface area contributed by atoms with Crippen molar-refractivity contribution in [2.75, 3.05) is 11.1 Å². The molecule has 1 aromatic heterocycles. The third-order valence-electron chi connectivity index (χ3n) is 4.08. The molecule has 124 valence electrons. The van der Waals surface area contributed by atoms with Gasteiger partial charge in [-0.25, -0.2) is 4.98 Å². The van der Waals surface area contributed by atoms with E-state index >= 15 is 0 Å². The van der Waals surface area contributed by atoms with Crippen molar-refractivity contribution >= 4 is 23.4 Å². The maximum atomic E-state index is 12.0. The summed E-state index contributed by atoms with van der Waals surface area (Å²) in [6.07, 6.45) is 6.11. The number of aromatic nitrogens is 3. The Morgan fingerprint density at radius 2 is 2.25 bits per heavy atom. The number of amides is 1. The van der Waals surface area contributed by atoms with Crippen LogP contribution in [0.2, 0.25) is 0 Å². The van der Waals surface area contributed by atoms with Crippen LogP contribution in [0.3, 0.4) is 0 Å². The predicted molar refractivity (Wildman–Crippen MR) is 92.6 cm³/mol. The average Bonchev–Trinajstić information content (AvgIpc) is 3.25. The van der Waals surface area contributed by atoms with Crippen molar-refractivity contribution in [2.24, 2.45) is 5.92 Å². The first-order valence-corrected chi connectivity index (χ1v) is 9.05. The van der Waals surface area contributed by atoms with Crippen LogP contribution >= 0.6 is 11.8 Å². The van der Waals surface area contributed by atoms with Gasteiger partial charge in [-0.3, -0.25) is 9.89 Å². The van der Waals surface area contributed by atoms with Crippen LogP contribution in [-0.4, -0.2) is 26.8 Å². The van der Waals surface area contributed by atoms with Gasteiger partial charge in [0, 0.05) is 12.1 Å². The molecular formula is C17H19N5OS. The van der Waals surface area contributed by atoms with E-state index in [1.807, 2.05) is 0 Å². The number of hydrogen-bond donors (Lipinski definition) is 2. The molecule has 1 amide bonds. The number of aromatic amines is 1. The summed E-state index contributed by atoms with van der Waals surface area (Å²) in [5, 5.41) is 19.4. The zero-order valence-electron chi connectivity index (χ0n) is 13.3. The van der Waals surface area contributed by atoms with Crippen LogP contribution in [-0.2, 0) is 11.2 Å². The molecule has 0 spiro atoms. The zero-order valence-corrected chi connectivity index (χ0v) is 14.1. The second-order valence-corrected chi connectivity index (χ2v) is 6.89. The minimum absolute atomic E-state index is 0.141. The highest BCUT2D eigenvalue weighted by molar-refractivity contribution is 7.99. The van der Waals surface area contributed by atoms with Gasteiger partial charge in [-0.2, -0.15) is 5.26 Å². The molecule has 1 saturated carbocycles. The minimum Gasteiger partial charge on any atom is -0.325 e. The molecule has 0 radical (unpaired) electrons. The fourth-order valence-corrected chi connectivity index (χ4v) is 3.53. The Morgan fingerprint density at radius 1 is 1.42 bits per heavy atom. The molecule has 7 heteroatoms. The number of hydrogen-bond acceptors (Lipinski definition) is 5. The van der Waals surface area contributed by atoms with Gasteiger partial charge in [-0.15, -0.1) is 5.10 Å². The number of carbonyl (C=O) groups is 1. The Kier molecular flexibility index (Phi) is 5.49. The van der Waals surface area contributed by atoms with Gasteiger partial charge < -0.3 is 5.32 Å². The summed E-state index contributed by atoms with van der Waals surface area (Å²) in [5.41, 5.74) is 1.14. The van der Waals surface area contributed by atoms with Crippen molar-refractivity contribution < 1.29 is 4.79 Å². The van der Waals surface area contributed by atoms with E-state index in [0.29, 0.717) is 22.3 Å². The maximum Gasteiger partial charge on any atom is 0.234 e. The Balaban J connectivity index is 1.47. The van der Waals surface area contributed by atoms with E-state index in [0.717, 1.165) is 12.2 Å². The minimum atomic E-state index is -0.141. The van der Waals surface area contributed by atoms with Gasteiger partial charge in [-0.05, 0) is 24.1 Å². The van der Waals surface area contributed by atoms with Crippen LogP contribution < -0.4 is 5.32 Å². The highest BCUT2D eigenvalue weighted by atomic mass is 32.2. The zero-order chi connectivity index (χ0) is 16.8. The molecule has 0 saturated heterocycles. The third kappa shape index (κ3) is 4.59. The molecule has 0 atom stereocenters. The standard InChI is InChI=1S/C17H19N5OS/c18-10-13-6-3-7-14(8-13)19-16(23)11-24-17-20-15(21-22-17)9-12-4-1-2-5-12/h3,6-8,12H,1-2,4-5,9,11H2,(H,19,23)(H,20,21,22). The van der Waals surface area contributed by atoms with Crippen LogP contribution in [0.25, 0.3) is 0 Å². The van der Waals surface area contributed by atoms with Gasteiger partial charge in [0.15, 0.2) is 0 Å². The average molecular weight is 341 g/mol. The summed E-state index contributed by atoms with van der Waals surface area (Å²) in [6.45, 7) is 0. The van der Waals surface area contributed by atoms with Gasteiger partial charge in [0.25, 0.3) is 0 Å². The van der Waals surface area contributed by atoms with E-state index < -0.39 is 0 Å². The molecule has 2 N–H and O–H groups in total. The Bertz CT molecular complexity index is 745. The fourth-order valence-electron chi connectivity index (χ4n) is 2.92. The number of nitrogens with zero attached hydrogens (tertiary/aromatic N) is 3. The molecular weight excluding hydrogens is 322 g/mol. The monoisotopic (exact) mass is 341 g/mol. The van der Waals surface area contributed by atoms with Crippen molar-refractivity contribution in [3.05, 3.63) is 35.7 Å². The first-order chi connectivity index (χ1) is 11.7. The summed E-state index contributed by atoms with van der Waals surface area (Å²) in [7, 11) is 0. The van der Waals surface area contributed by atoms with Gasteiger partial charge in [0.2, 0.25) is 11.1 Å². The second-order valence-electron chi connectivity index (χ2n) is 5.95. The number of carbonyl (C=O) groups excluding carboxylic acids is 1. The molecule has 2 aromatic rings. The van der Waals surface area contributed by atoms with E-state index in [9.17, 15) is 4.79 Å². The third-order valence-corrected chi connectivity index (χ3v) is 4.92. The molecule has 0 unspecified atom stereocenters. The van der Waals surface area contributed by atoms with Crippen molar-refractivity contribution in [1.29, 1.82) is 5.26 Å². The quantitative estimate of drug-likeness (QED) is 0.787. The molecule has 6 nitrogen and oxygen atoms in total. The molecule has 1 aromatic carbocycles. The molecule has 1 aliphatic carbocycles. The number of nitrogens with one attached hydrogen (secondary N) is 2. The lowest BCUT2D eigenvalue weighted by Crippen LogP contribution is -2.14. The molecule has 0 aliphatic heterocycles. The van der Waals surface area contributed by atoms with Gasteiger partial charge in [-0.1, -0.05) is 43.5 Å². The normalized spacial score (nSPS) is 14.5. The van der Waals surface area contributed by atoms with Crippen molar-refractivity contribution in [3.8, 4) is 6.07 Å². The van der Waals surface area contributed by atoms with E-state index in [4.69, 9.17) is 5.26 Å². The van der Waals surface area contributed by atoms with E-state index in [1.54, 1.807) is 24.3 Å². The summed E-state index contributed by atoms with van der Waals surface area (Å²) in [4.78, 5) is 16.4. The lowest BCUT2D eigenvalue weighted by Gasteiger charge is -2.04. The van der Waals surface area contributed by atoms with E-state index in [1.165, 1.54) is 37.4 Å². The highest BCUT2D eigenvalue weighted by Crippen LogP contribution is 2.27. The molecule has 1 aliphatic rings. The molecule has 0 bridgehead atoms. The van der Waals surface area contributed by atoms with Crippen LogP contribution in [0.4, 0.5) is 5.69 Å². The van der Waals surface area contributed by atoms with E-state index in [-0.39, 0.29) is 11.7 Å². The smallest absolute Gasteiger partial charge is 0.234 e. The Morgan fingerprint density at radius 3 is 3.04 bits per heavy atom. The van der Waals surface area contributed by atoms with Crippen LogP contribution in [0, 0.1) is 17.2 Å². The van der Waals surface area contributed by atoms with Gasteiger partial charge in [0.05, 0.1) is 17.4 Å². The summed E-state index contributed by atoms with van der Waals surface area (Å²) >= 11 is 1.31. The van der Waals surface area contributed by atoms with Crippen molar-refractivity contribution in [2.45, 2.75) is 37.3 Å². The number of anilines is 1. The predicted octanol–water partition coefficient (Wildman–Crippen LogP) is 3.14. The lowest BCUT2D eigenvalue weighted by atomic mass is 10.0. The van der Waals surface area contributed by atoms with Gasteiger partial charge in [0.1, 0.15) is 5.82 Å². The summed E-state index contributed by atoms with van der Waals surface area (Å²) in [6, 6.07) is 8.90. The maximum absolute atomic E-state index is 12.0. The summed E-state index contributed by atoms with van der Waals surface area (Å²) in [5.74, 6) is 1.72. The van der Waals surface area contributed by atoms with Crippen LogP contribution in [0.15, 0.2) is 29.4 Å². The van der Waals surface area contributed by atoms with Crippen LogP contribution in [0.5, 0.6) is 0 Å². The Hall–Kier alpha value is -2.33. The molecule has 24 heavy (non-hydrogen) atoms. The van der Waals surface area contributed by atoms with E-state index in [2.05, 4.69) is 26.6 Å². The number of H-pyrrole nitrogens is 1. The Labute approximate surface area is 145 Å². The fraction of sp³-hybridized carbons (Fsp3) is 0.412. The SMILES string of the molecule is N#Cc1cccc(NC(=O)CSc2n[nH]c(CC3CCCC3)n2)c1. The number of benzene rings is 1. The van der Waals surface area contributed by atoms with Gasteiger partial charge >= 0.3 is 0 Å². The number of nitriles is 1. The van der Waals surface area contributed by atoms with Crippen LogP contribution in [0.1, 0.15) is 37.1 Å². The second kappa shape index (κ2) is 7.97. The molecule has 3 rings (SSSR count). The number of thioether (sulfide) groups is 1. The molecule has 1 heterocycles. The summed E-state index contributed by atoms with van der Waals surface area (Å²) < 4.78 is 0. The first-order valence-electron chi connectivity index (χ1n) is 8.07. The lowest BCUT2D eigenvalue weighted by molar-refractivity contribution is -0.113. The number of rotatable bonds is 6. The molecule has 1 fully saturated rings. The largest absolute Gasteiger partial charge is 0.325 e. The highest BCUT2D eigenvalue weighted by Gasteiger charge is 2.17. The topological polar surface area (TPSA) is 94.5 Å².